The fourth-order valence-corrected chi connectivity index (χ4v) is 4.98. The molecule has 2 aromatic heterocycles. The number of ether oxygens (including phenoxy) is 1. The Kier molecular flexibility index (Phi) is 5.88. The molecule has 0 saturated heterocycles. The molecule has 1 saturated carbocycles. The summed E-state index contributed by atoms with van der Waals surface area (Å²) in [6.45, 7) is 2.34. The third kappa shape index (κ3) is 3.85. The first-order valence-electron chi connectivity index (χ1n) is 9.92. The van der Waals surface area contributed by atoms with Crippen LogP contribution in [0.2, 0.25) is 0 Å². The van der Waals surface area contributed by atoms with Crippen molar-refractivity contribution >= 4 is 33.3 Å². The van der Waals surface area contributed by atoms with Crippen LogP contribution in [-0.4, -0.2) is 71.2 Å². The zero-order valence-corrected chi connectivity index (χ0v) is 18.3. The minimum absolute atomic E-state index is 0.135. The van der Waals surface area contributed by atoms with Crippen LogP contribution in [-0.2, 0) is 4.74 Å². The lowest BCUT2D eigenvalue weighted by atomic mass is 10.1. The number of aromatic nitrogens is 3. The predicted molar refractivity (Wildman–Crippen MR) is 119 cm³/mol. The number of methoxy groups -OCH3 is 1. The summed E-state index contributed by atoms with van der Waals surface area (Å²) >= 11 is 1.58. The first-order valence-corrected chi connectivity index (χ1v) is 10.7. The molecule has 3 aromatic rings. The van der Waals surface area contributed by atoms with E-state index >= 15 is 0 Å². The van der Waals surface area contributed by atoms with E-state index in [1.54, 1.807) is 18.4 Å². The Balaban J connectivity index is 1.75. The Labute approximate surface area is 179 Å². The van der Waals surface area contributed by atoms with Gasteiger partial charge >= 0.3 is 0 Å². The number of nitrogens with one attached hydrogen (secondary N) is 1. The summed E-state index contributed by atoms with van der Waals surface area (Å²) in [4.78, 5) is 16.0. The molecule has 0 spiro atoms. The lowest BCUT2D eigenvalue weighted by Gasteiger charge is -2.22. The summed E-state index contributed by atoms with van der Waals surface area (Å²) in [7, 11) is 5.37. The number of hydrogen-bond acceptors (Lipinski definition) is 9. The molecule has 0 unspecified atom stereocenters. The van der Waals surface area contributed by atoms with Crippen LogP contribution in [0.3, 0.4) is 0 Å². The second-order valence-corrected chi connectivity index (χ2v) is 8.93. The van der Waals surface area contributed by atoms with Gasteiger partial charge in [0.25, 0.3) is 0 Å². The van der Waals surface area contributed by atoms with Crippen molar-refractivity contribution in [2.75, 3.05) is 38.0 Å². The largest absolute Gasteiger partial charge is 0.390 e. The second kappa shape index (κ2) is 8.43. The molecule has 0 amide bonds. The molecular weight excluding hydrogens is 402 g/mol. The first-order chi connectivity index (χ1) is 14.4. The van der Waals surface area contributed by atoms with E-state index < -0.39 is 12.2 Å². The van der Waals surface area contributed by atoms with Gasteiger partial charge in [-0.15, -0.1) is 11.3 Å². The van der Waals surface area contributed by atoms with E-state index in [2.05, 4.69) is 10.3 Å². The smallest absolute Gasteiger partial charge is 0.227 e. The highest BCUT2D eigenvalue weighted by Gasteiger charge is 2.42. The quantitative estimate of drug-likeness (QED) is 0.548. The summed E-state index contributed by atoms with van der Waals surface area (Å²) in [5, 5.41) is 25.2. The summed E-state index contributed by atoms with van der Waals surface area (Å²) in [6, 6.07) is 7.64. The van der Waals surface area contributed by atoms with Crippen LogP contribution < -0.4 is 10.2 Å². The fourth-order valence-electron chi connectivity index (χ4n) is 3.92. The fraction of sp³-hybridized carbons (Fsp3) is 0.476. The van der Waals surface area contributed by atoms with Gasteiger partial charge in [0.15, 0.2) is 0 Å². The van der Waals surface area contributed by atoms with Gasteiger partial charge in [-0.3, -0.25) is 0 Å². The monoisotopic (exact) mass is 429 g/mol. The number of benzene rings is 1. The minimum Gasteiger partial charge on any atom is -0.390 e. The van der Waals surface area contributed by atoms with E-state index in [1.807, 2.05) is 50.2 Å². The molecule has 1 aromatic carbocycles. The molecule has 0 bridgehead atoms. The molecule has 1 aliphatic rings. The number of thiazole rings is 1. The average molecular weight is 430 g/mol. The topological polar surface area (TPSA) is 104 Å². The van der Waals surface area contributed by atoms with Crippen molar-refractivity contribution in [1.29, 1.82) is 0 Å². The summed E-state index contributed by atoms with van der Waals surface area (Å²) in [5.74, 6) is 1.05. The Hall–Kier alpha value is -2.33. The Morgan fingerprint density at radius 3 is 2.63 bits per heavy atom. The van der Waals surface area contributed by atoms with Gasteiger partial charge < -0.3 is 25.2 Å². The molecule has 3 N–H and O–H groups in total. The first kappa shape index (κ1) is 20.9. The number of fused-ring (bicyclic) bond motifs is 1. The summed E-state index contributed by atoms with van der Waals surface area (Å²) < 4.78 is 6.29. The third-order valence-corrected chi connectivity index (χ3v) is 6.54. The SMILES string of the molecule is COC[C@H]1C[C@@H](Nc2nc(N(C)C)nc(C)c2-c2nc3ccccc3s2)[C@H](O)[C@@H]1O. The van der Waals surface area contributed by atoms with Gasteiger partial charge in [-0.1, -0.05) is 12.1 Å². The molecular formula is C21H27N5O3S. The van der Waals surface area contributed by atoms with Crippen molar-refractivity contribution < 1.29 is 14.9 Å². The van der Waals surface area contributed by atoms with E-state index in [-0.39, 0.29) is 12.0 Å². The highest BCUT2D eigenvalue weighted by molar-refractivity contribution is 7.21. The van der Waals surface area contributed by atoms with Crippen LogP contribution in [0.25, 0.3) is 20.8 Å². The number of aryl methyl sites for hydroxylation is 1. The van der Waals surface area contributed by atoms with Crippen LogP contribution in [0.1, 0.15) is 12.1 Å². The number of nitrogens with zero attached hydrogens (tertiary/aromatic N) is 4. The Morgan fingerprint density at radius 1 is 1.17 bits per heavy atom. The van der Waals surface area contributed by atoms with Crippen LogP contribution in [0, 0.1) is 12.8 Å². The van der Waals surface area contributed by atoms with Crippen molar-refractivity contribution in [3.63, 3.8) is 0 Å². The Morgan fingerprint density at radius 2 is 1.93 bits per heavy atom. The van der Waals surface area contributed by atoms with Gasteiger partial charge in [0.2, 0.25) is 5.95 Å². The van der Waals surface area contributed by atoms with Crippen LogP contribution in [0.5, 0.6) is 0 Å². The zero-order chi connectivity index (χ0) is 21.4. The van der Waals surface area contributed by atoms with Gasteiger partial charge in [0, 0.05) is 27.1 Å². The number of hydrogen-bond donors (Lipinski definition) is 3. The molecule has 0 aliphatic heterocycles. The number of anilines is 2. The molecule has 4 atom stereocenters. The van der Waals surface area contributed by atoms with Gasteiger partial charge in [-0.05, 0) is 25.5 Å². The molecule has 1 fully saturated rings. The third-order valence-electron chi connectivity index (χ3n) is 5.49. The normalized spacial score (nSPS) is 23.8. The predicted octanol–water partition coefficient (Wildman–Crippen LogP) is 2.30. The number of para-hydroxylation sites is 1. The lowest BCUT2D eigenvalue weighted by molar-refractivity contribution is -0.00195. The van der Waals surface area contributed by atoms with Crippen molar-refractivity contribution in [1.82, 2.24) is 15.0 Å². The van der Waals surface area contributed by atoms with E-state index in [1.165, 1.54) is 0 Å². The zero-order valence-electron chi connectivity index (χ0n) is 17.5. The molecule has 4 rings (SSSR count). The maximum Gasteiger partial charge on any atom is 0.227 e. The molecule has 1 aliphatic carbocycles. The van der Waals surface area contributed by atoms with Gasteiger partial charge in [0.05, 0.1) is 40.2 Å². The van der Waals surface area contributed by atoms with E-state index in [9.17, 15) is 10.2 Å². The van der Waals surface area contributed by atoms with Crippen molar-refractivity contribution in [3.8, 4) is 10.6 Å². The standard InChI is InChI=1S/C21H27N5O3S/c1-11-16(20-24-13-7-5-6-8-15(13)30-20)19(25-21(22-11)26(2)3)23-14-9-12(10-29-4)17(27)18(14)28/h5-8,12,14,17-18,27-28H,9-10H2,1-4H3,(H,22,23,25)/t12-,14-,17-,18+/m1/s1. The highest BCUT2D eigenvalue weighted by atomic mass is 32.1. The minimum atomic E-state index is -0.911. The number of aliphatic hydroxyl groups is 2. The van der Waals surface area contributed by atoms with Crippen molar-refractivity contribution in [2.45, 2.75) is 31.6 Å². The van der Waals surface area contributed by atoms with Crippen LogP contribution in [0.4, 0.5) is 11.8 Å². The van der Waals surface area contributed by atoms with Gasteiger partial charge in [0.1, 0.15) is 16.9 Å². The van der Waals surface area contributed by atoms with Crippen LogP contribution in [0.15, 0.2) is 24.3 Å². The molecule has 9 heteroatoms. The highest BCUT2D eigenvalue weighted by Crippen LogP contribution is 2.38. The molecule has 2 heterocycles. The van der Waals surface area contributed by atoms with Crippen molar-refractivity contribution in [3.05, 3.63) is 30.0 Å². The van der Waals surface area contributed by atoms with Crippen LogP contribution >= 0.6 is 11.3 Å². The number of aliphatic hydroxyl groups excluding tert-OH is 2. The van der Waals surface area contributed by atoms with E-state index in [0.29, 0.717) is 24.8 Å². The van der Waals surface area contributed by atoms with E-state index in [0.717, 1.165) is 26.5 Å². The van der Waals surface area contributed by atoms with Gasteiger partial charge in [-0.25, -0.2) is 9.97 Å². The van der Waals surface area contributed by atoms with Crippen molar-refractivity contribution in [2.24, 2.45) is 5.92 Å². The molecule has 160 valence electrons. The maximum atomic E-state index is 10.6. The maximum absolute atomic E-state index is 10.6. The molecule has 30 heavy (non-hydrogen) atoms. The summed E-state index contributed by atoms with van der Waals surface area (Å²) in [5.41, 5.74) is 2.55. The Bertz CT molecular complexity index is 1010. The van der Waals surface area contributed by atoms with Gasteiger partial charge in [-0.2, -0.15) is 4.98 Å². The molecule has 8 nitrogen and oxygen atoms in total. The summed E-state index contributed by atoms with van der Waals surface area (Å²) in [6.07, 6.45) is -1.17. The second-order valence-electron chi connectivity index (χ2n) is 7.90. The number of rotatable bonds is 6. The van der Waals surface area contributed by atoms with E-state index in [4.69, 9.17) is 14.7 Å². The lowest BCUT2D eigenvalue weighted by Crippen LogP contribution is -2.36. The molecule has 0 radical (unpaired) electrons. The average Bonchev–Trinajstić information content (AvgIpc) is 3.24.